The molecule has 1 aromatic heterocycles. The van der Waals surface area contributed by atoms with Crippen LogP contribution in [0.1, 0.15) is 17.7 Å². The fourth-order valence-corrected chi connectivity index (χ4v) is 1.70. The molecule has 1 aliphatic carbocycles. The zero-order valence-corrected chi connectivity index (χ0v) is 6.84. The quantitative estimate of drug-likeness (QED) is 0.575. The van der Waals surface area contributed by atoms with Crippen LogP contribution in [0.3, 0.4) is 0 Å². The van der Waals surface area contributed by atoms with Crippen LogP contribution < -0.4 is 11.2 Å². The summed E-state index contributed by atoms with van der Waals surface area (Å²) in [4.78, 5) is 14.4. The van der Waals surface area contributed by atoms with Crippen LogP contribution in [0.2, 0.25) is 0 Å². The van der Waals surface area contributed by atoms with Gasteiger partial charge in [-0.3, -0.25) is 4.79 Å². The minimum atomic E-state index is 0.124. The molecule has 1 atom stereocenters. The first-order valence-electron chi connectivity index (χ1n) is 4.22. The molecule has 2 rings (SSSR count). The largest absolute Gasteiger partial charge is 0.365 e. The summed E-state index contributed by atoms with van der Waals surface area (Å²) < 4.78 is 0. The second-order valence-electron chi connectivity index (χ2n) is 3.30. The lowest BCUT2D eigenvalue weighted by molar-refractivity contribution is 0.564. The van der Waals surface area contributed by atoms with Gasteiger partial charge >= 0.3 is 0 Å². The number of nitrogens with one attached hydrogen (secondary N) is 1. The van der Waals surface area contributed by atoms with Crippen LogP contribution in [-0.4, -0.2) is 11.0 Å². The summed E-state index contributed by atoms with van der Waals surface area (Å²) in [6.45, 7) is 0. The third kappa shape index (κ3) is 1.16. The van der Waals surface area contributed by atoms with Crippen LogP contribution in [0.5, 0.6) is 0 Å². The fourth-order valence-electron chi connectivity index (χ4n) is 1.70. The molecule has 1 unspecified atom stereocenters. The Bertz CT molecular complexity index is 343. The molecule has 0 amide bonds. The molecule has 3 nitrogen and oxygen atoms in total. The summed E-state index contributed by atoms with van der Waals surface area (Å²) in [6, 6.07) is 1.73. The number of aromatic nitrogens is 1. The van der Waals surface area contributed by atoms with Crippen molar-refractivity contribution in [2.75, 3.05) is 0 Å². The molecule has 0 saturated heterocycles. The van der Waals surface area contributed by atoms with Gasteiger partial charge in [0.2, 0.25) is 0 Å². The monoisotopic (exact) mass is 164 g/mol. The molecule has 1 heterocycles. The number of hydrogen-bond acceptors (Lipinski definition) is 2. The molecule has 1 aromatic rings. The van der Waals surface area contributed by atoms with E-state index in [2.05, 4.69) is 4.98 Å². The van der Waals surface area contributed by atoms with Crippen molar-refractivity contribution in [1.82, 2.24) is 4.98 Å². The van der Waals surface area contributed by atoms with Gasteiger partial charge in [-0.25, -0.2) is 0 Å². The van der Waals surface area contributed by atoms with Gasteiger partial charge in [-0.15, -0.1) is 0 Å². The molecule has 64 valence electrons. The van der Waals surface area contributed by atoms with Gasteiger partial charge in [0.05, 0.1) is 0 Å². The smallest absolute Gasteiger partial charge is 0.185 e. The maximum Gasteiger partial charge on any atom is 0.185 e. The van der Waals surface area contributed by atoms with E-state index in [1.807, 2.05) is 0 Å². The maximum atomic E-state index is 11.3. The average molecular weight is 164 g/mol. The molecule has 0 bridgehead atoms. The molecule has 0 spiro atoms. The lowest BCUT2D eigenvalue weighted by Crippen LogP contribution is -2.32. The molecule has 3 heteroatoms. The molecule has 12 heavy (non-hydrogen) atoms. The van der Waals surface area contributed by atoms with E-state index < -0.39 is 0 Å². The minimum absolute atomic E-state index is 0.124. The molecular weight excluding hydrogens is 152 g/mol. The topological polar surface area (TPSA) is 58.9 Å². The van der Waals surface area contributed by atoms with Gasteiger partial charge in [0.15, 0.2) is 5.43 Å². The van der Waals surface area contributed by atoms with Crippen molar-refractivity contribution in [1.29, 1.82) is 0 Å². The van der Waals surface area contributed by atoms with Crippen molar-refractivity contribution >= 4 is 0 Å². The van der Waals surface area contributed by atoms with Crippen LogP contribution >= 0.6 is 0 Å². The van der Waals surface area contributed by atoms with Crippen molar-refractivity contribution in [2.45, 2.75) is 25.3 Å². The van der Waals surface area contributed by atoms with Crippen LogP contribution in [0, 0.1) is 0 Å². The zero-order valence-electron chi connectivity index (χ0n) is 6.84. The van der Waals surface area contributed by atoms with E-state index in [0.29, 0.717) is 0 Å². The number of H-pyrrole nitrogens is 1. The van der Waals surface area contributed by atoms with Crippen molar-refractivity contribution in [3.8, 4) is 0 Å². The van der Waals surface area contributed by atoms with Crippen molar-refractivity contribution in [3.63, 3.8) is 0 Å². The molecule has 3 N–H and O–H groups in total. The van der Waals surface area contributed by atoms with E-state index in [-0.39, 0.29) is 11.5 Å². The van der Waals surface area contributed by atoms with Crippen LogP contribution in [-0.2, 0) is 12.8 Å². The highest BCUT2D eigenvalue weighted by molar-refractivity contribution is 5.23. The lowest BCUT2D eigenvalue weighted by Gasteiger charge is -2.19. The highest BCUT2D eigenvalue weighted by atomic mass is 16.1. The highest BCUT2D eigenvalue weighted by Crippen LogP contribution is 2.14. The van der Waals surface area contributed by atoms with E-state index >= 15 is 0 Å². The van der Waals surface area contributed by atoms with Gasteiger partial charge in [0.25, 0.3) is 0 Å². The molecule has 0 aromatic carbocycles. The number of pyridine rings is 1. The summed E-state index contributed by atoms with van der Waals surface area (Å²) in [5, 5.41) is 0. The van der Waals surface area contributed by atoms with E-state index in [4.69, 9.17) is 5.73 Å². The first-order chi connectivity index (χ1) is 5.77. The van der Waals surface area contributed by atoms with Crippen molar-refractivity contribution in [2.24, 2.45) is 5.73 Å². The predicted molar refractivity (Wildman–Crippen MR) is 47.1 cm³/mol. The normalized spacial score (nSPS) is 21.9. The highest BCUT2D eigenvalue weighted by Gasteiger charge is 2.17. The molecule has 0 radical (unpaired) electrons. The second kappa shape index (κ2) is 2.75. The summed E-state index contributed by atoms with van der Waals surface area (Å²) in [7, 11) is 0. The molecular formula is C9H12N2O. The van der Waals surface area contributed by atoms with E-state index in [9.17, 15) is 4.79 Å². The third-order valence-corrected chi connectivity index (χ3v) is 2.39. The van der Waals surface area contributed by atoms with Crippen molar-refractivity contribution < 1.29 is 0 Å². The predicted octanol–water partition coefficient (Wildman–Crippen LogP) is 0.191. The Morgan fingerprint density at radius 2 is 2.42 bits per heavy atom. The summed E-state index contributed by atoms with van der Waals surface area (Å²) >= 11 is 0. The first-order valence-corrected chi connectivity index (χ1v) is 4.22. The Morgan fingerprint density at radius 3 is 3.25 bits per heavy atom. The van der Waals surface area contributed by atoms with Crippen LogP contribution in [0.4, 0.5) is 0 Å². The van der Waals surface area contributed by atoms with Crippen LogP contribution in [0.15, 0.2) is 17.1 Å². The van der Waals surface area contributed by atoms with Gasteiger partial charge in [-0.05, 0) is 19.3 Å². The fraction of sp³-hybridized carbons (Fsp3) is 0.444. The molecule has 1 aliphatic rings. The third-order valence-electron chi connectivity index (χ3n) is 2.39. The number of aromatic amines is 1. The standard InChI is InChI=1S/C9H12N2O/c10-6-1-2-8-7(5-6)9(12)3-4-11-8/h3-4,6H,1-2,5,10H2,(H,11,12). The Morgan fingerprint density at radius 1 is 1.58 bits per heavy atom. The lowest BCUT2D eigenvalue weighted by atomic mass is 9.92. The molecule has 0 saturated carbocycles. The number of hydrogen-bond donors (Lipinski definition) is 2. The van der Waals surface area contributed by atoms with E-state index in [1.54, 1.807) is 12.3 Å². The van der Waals surface area contributed by atoms with E-state index in [1.165, 1.54) is 0 Å². The Balaban J connectivity index is 2.50. The van der Waals surface area contributed by atoms with Gasteiger partial charge in [0.1, 0.15) is 0 Å². The summed E-state index contributed by atoms with van der Waals surface area (Å²) in [6.07, 6.45) is 4.32. The Kier molecular flexibility index (Phi) is 1.73. The van der Waals surface area contributed by atoms with Gasteiger partial charge in [0, 0.05) is 29.6 Å². The average Bonchev–Trinajstić information content (AvgIpc) is 2.07. The Labute approximate surface area is 70.6 Å². The number of rotatable bonds is 0. The van der Waals surface area contributed by atoms with Gasteiger partial charge in [-0.2, -0.15) is 0 Å². The minimum Gasteiger partial charge on any atom is -0.365 e. The van der Waals surface area contributed by atoms with E-state index in [0.717, 1.165) is 30.5 Å². The first kappa shape index (κ1) is 7.55. The summed E-state index contributed by atoms with van der Waals surface area (Å²) in [5.41, 5.74) is 7.85. The van der Waals surface area contributed by atoms with Gasteiger partial charge in [-0.1, -0.05) is 0 Å². The number of fused-ring (bicyclic) bond motifs is 1. The molecule has 0 aliphatic heterocycles. The number of aryl methyl sites for hydroxylation is 1. The van der Waals surface area contributed by atoms with Gasteiger partial charge < -0.3 is 10.7 Å². The maximum absolute atomic E-state index is 11.3. The second-order valence-corrected chi connectivity index (χ2v) is 3.30. The molecule has 0 fully saturated rings. The van der Waals surface area contributed by atoms with Crippen LogP contribution in [0.25, 0.3) is 0 Å². The summed E-state index contributed by atoms with van der Waals surface area (Å²) in [5.74, 6) is 0. The SMILES string of the molecule is NC1CCc2[nH]ccc(=O)c2C1. The Hall–Kier alpha value is -1.09. The zero-order chi connectivity index (χ0) is 8.55. The number of nitrogens with two attached hydrogens (primary N) is 1. The van der Waals surface area contributed by atoms with Crippen molar-refractivity contribution in [3.05, 3.63) is 33.7 Å².